The summed E-state index contributed by atoms with van der Waals surface area (Å²) < 4.78 is 10.7. The number of nitrogens with one attached hydrogen (secondary N) is 2. The predicted octanol–water partition coefficient (Wildman–Crippen LogP) is 4.55. The summed E-state index contributed by atoms with van der Waals surface area (Å²) in [6.07, 6.45) is 4.86. The van der Waals surface area contributed by atoms with Crippen molar-refractivity contribution >= 4 is 29.1 Å². The molecule has 0 amide bonds. The third-order valence-electron chi connectivity index (χ3n) is 4.28. The molecule has 7 heteroatoms. The van der Waals surface area contributed by atoms with Gasteiger partial charge >= 0.3 is 0 Å². The van der Waals surface area contributed by atoms with Crippen molar-refractivity contribution in [2.75, 3.05) is 24.9 Å². The topological polar surface area (TPSA) is 68.3 Å². The van der Waals surface area contributed by atoms with Crippen LogP contribution >= 0.6 is 11.6 Å². The third-order valence-corrected chi connectivity index (χ3v) is 4.57. The van der Waals surface area contributed by atoms with Crippen molar-refractivity contribution in [1.29, 1.82) is 0 Å². The number of methoxy groups -OCH3 is 2. The zero-order valence-electron chi connectivity index (χ0n) is 14.7. The molecule has 25 heavy (non-hydrogen) atoms. The fourth-order valence-electron chi connectivity index (χ4n) is 3.05. The molecule has 1 saturated carbocycles. The molecule has 0 saturated heterocycles. The number of aromatic nitrogens is 2. The third kappa shape index (κ3) is 4.25. The molecule has 0 spiro atoms. The lowest BCUT2D eigenvalue weighted by atomic mass is 10.2. The maximum atomic E-state index is 6.16. The van der Waals surface area contributed by atoms with Crippen molar-refractivity contribution in [3.05, 3.63) is 28.9 Å². The Morgan fingerprint density at radius 2 is 1.76 bits per heavy atom. The van der Waals surface area contributed by atoms with Crippen molar-refractivity contribution in [2.45, 2.75) is 38.6 Å². The first-order chi connectivity index (χ1) is 12.1. The van der Waals surface area contributed by atoms with Crippen LogP contribution in [0.4, 0.5) is 17.5 Å². The van der Waals surface area contributed by atoms with E-state index in [2.05, 4.69) is 20.6 Å². The number of halogens is 1. The molecular weight excluding hydrogens is 340 g/mol. The summed E-state index contributed by atoms with van der Waals surface area (Å²) in [5.41, 5.74) is 1.62. The Hall–Kier alpha value is -2.21. The Labute approximate surface area is 152 Å². The van der Waals surface area contributed by atoms with Crippen LogP contribution in [0, 0.1) is 6.92 Å². The number of ether oxygens (including phenoxy) is 2. The largest absolute Gasteiger partial charge is 0.495 e. The smallest absolute Gasteiger partial charge is 0.225 e. The van der Waals surface area contributed by atoms with Crippen molar-refractivity contribution in [3.63, 3.8) is 0 Å². The number of benzene rings is 1. The van der Waals surface area contributed by atoms with Gasteiger partial charge in [0.2, 0.25) is 5.95 Å². The van der Waals surface area contributed by atoms with Gasteiger partial charge in [0.05, 0.1) is 24.9 Å². The van der Waals surface area contributed by atoms with E-state index in [0.717, 1.165) is 11.4 Å². The first-order valence-electron chi connectivity index (χ1n) is 8.40. The molecule has 2 N–H and O–H groups in total. The highest BCUT2D eigenvalue weighted by molar-refractivity contribution is 6.32. The van der Waals surface area contributed by atoms with Crippen LogP contribution in [0.2, 0.25) is 5.02 Å². The van der Waals surface area contributed by atoms with E-state index in [4.69, 9.17) is 21.1 Å². The Kier molecular flexibility index (Phi) is 5.48. The predicted molar refractivity (Wildman–Crippen MR) is 100 cm³/mol. The molecule has 0 unspecified atom stereocenters. The van der Waals surface area contributed by atoms with E-state index >= 15 is 0 Å². The number of nitrogens with zero attached hydrogens (tertiary/aromatic N) is 2. The van der Waals surface area contributed by atoms with Crippen molar-refractivity contribution < 1.29 is 9.47 Å². The molecule has 0 bridgehead atoms. The van der Waals surface area contributed by atoms with Crippen LogP contribution in [0.1, 0.15) is 31.4 Å². The molecule has 6 nitrogen and oxygen atoms in total. The number of anilines is 3. The first kappa shape index (κ1) is 17.6. The van der Waals surface area contributed by atoms with E-state index in [1.54, 1.807) is 26.4 Å². The summed E-state index contributed by atoms with van der Waals surface area (Å²) >= 11 is 6.16. The minimum atomic E-state index is 0.458. The first-order valence-corrected chi connectivity index (χ1v) is 8.77. The van der Waals surface area contributed by atoms with Crippen LogP contribution in [0.3, 0.4) is 0 Å². The fraction of sp³-hybridized carbons (Fsp3) is 0.444. The molecule has 3 rings (SSSR count). The summed E-state index contributed by atoms with van der Waals surface area (Å²) in [4.78, 5) is 9.07. The molecule has 1 aromatic heterocycles. The molecule has 134 valence electrons. The number of aryl methyl sites for hydroxylation is 1. The number of rotatable bonds is 6. The van der Waals surface area contributed by atoms with E-state index in [-0.39, 0.29) is 0 Å². The maximum absolute atomic E-state index is 6.16. The molecule has 2 aromatic rings. The van der Waals surface area contributed by atoms with Gasteiger partial charge in [-0.2, -0.15) is 4.98 Å². The molecule has 0 atom stereocenters. The Morgan fingerprint density at radius 1 is 1.04 bits per heavy atom. The van der Waals surface area contributed by atoms with Crippen molar-refractivity contribution in [2.24, 2.45) is 0 Å². The average molecular weight is 363 g/mol. The summed E-state index contributed by atoms with van der Waals surface area (Å²) in [5, 5.41) is 7.20. The van der Waals surface area contributed by atoms with Gasteiger partial charge in [0.1, 0.15) is 17.3 Å². The van der Waals surface area contributed by atoms with E-state index in [9.17, 15) is 0 Å². The fourth-order valence-corrected chi connectivity index (χ4v) is 3.28. The number of hydrogen-bond acceptors (Lipinski definition) is 6. The van der Waals surface area contributed by atoms with E-state index in [0.29, 0.717) is 34.3 Å². The van der Waals surface area contributed by atoms with Crippen LogP contribution in [0.25, 0.3) is 0 Å². The molecule has 1 heterocycles. The van der Waals surface area contributed by atoms with E-state index in [1.165, 1.54) is 25.7 Å². The molecule has 1 aliphatic rings. The van der Waals surface area contributed by atoms with E-state index in [1.807, 2.05) is 13.0 Å². The highest BCUT2D eigenvalue weighted by atomic mass is 35.5. The second-order valence-electron chi connectivity index (χ2n) is 6.16. The molecule has 1 aliphatic carbocycles. The van der Waals surface area contributed by atoms with Gasteiger partial charge in [-0.05, 0) is 19.8 Å². The van der Waals surface area contributed by atoms with Gasteiger partial charge in [0.25, 0.3) is 0 Å². The van der Waals surface area contributed by atoms with Crippen molar-refractivity contribution in [3.8, 4) is 11.5 Å². The molecule has 0 radical (unpaired) electrons. The Bertz CT molecular complexity index is 748. The van der Waals surface area contributed by atoms with Gasteiger partial charge in [-0.15, -0.1) is 0 Å². The Morgan fingerprint density at radius 3 is 2.44 bits per heavy atom. The molecular formula is C18H23ClN4O2. The van der Waals surface area contributed by atoms with Crippen LogP contribution in [0.15, 0.2) is 18.2 Å². The van der Waals surface area contributed by atoms with Gasteiger partial charge in [0, 0.05) is 29.9 Å². The maximum Gasteiger partial charge on any atom is 0.225 e. The van der Waals surface area contributed by atoms with Crippen molar-refractivity contribution in [1.82, 2.24) is 9.97 Å². The highest BCUT2D eigenvalue weighted by Crippen LogP contribution is 2.37. The second-order valence-corrected chi connectivity index (χ2v) is 6.56. The average Bonchev–Trinajstić information content (AvgIpc) is 3.08. The van der Waals surface area contributed by atoms with Gasteiger partial charge in [-0.25, -0.2) is 4.98 Å². The summed E-state index contributed by atoms with van der Waals surface area (Å²) in [5.74, 6) is 2.53. The van der Waals surface area contributed by atoms with Gasteiger partial charge < -0.3 is 20.1 Å². The van der Waals surface area contributed by atoms with Crippen LogP contribution in [-0.2, 0) is 0 Å². The summed E-state index contributed by atoms with van der Waals surface area (Å²) in [7, 11) is 3.18. The zero-order chi connectivity index (χ0) is 17.8. The van der Waals surface area contributed by atoms with Gasteiger partial charge in [-0.1, -0.05) is 24.4 Å². The number of hydrogen-bond donors (Lipinski definition) is 2. The zero-order valence-corrected chi connectivity index (χ0v) is 15.5. The summed E-state index contributed by atoms with van der Waals surface area (Å²) in [6, 6.07) is 5.86. The lowest BCUT2D eigenvalue weighted by molar-refractivity contribution is 0.405. The van der Waals surface area contributed by atoms with E-state index < -0.39 is 0 Å². The Balaban J connectivity index is 1.85. The minimum Gasteiger partial charge on any atom is -0.495 e. The quantitative estimate of drug-likeness (QED) is 0.785. The SMILES string of the molecule is COc1cc(Nc2cc(C)nc(NC3CCCC3)n2)c(OC)cc1Cl. The standard InChI is InChI=1S/C18H23ClN4O2/c1-11-8-17(23-18(20-11)21-12-6-4-5-7-12)22-14-10-15(24-2)13(19)9-16(14)25-3/h8-10,12H,4-7H2,1-3H3,(H2,20,21,22,23). The lowest BCUT2D eigenvalue weighted by Gasteiger charge is -2.16. The van der Waals surface area contributed by atoms with Gasteiger partial charge in [0.15, 0.2) is 0 Å². The highest BCUT2D eigenvalue weighted by Gasteiger charge is 2.16. The summed E-state index contributed by atoms with van der Waals surface area (Å²) in [6.45, 7) is 1.95. The normalized spacial score (nSPS) is 14.4. The molecule has 1 fully saturated rings. The second kappa shape index (κ2) is 7.78. The van der Waals surface area contributed by atoms with Crippen LogP contribution in [-0.4, -0.2) is 30.2 Å². The molecule has 0 aliphatic heterocycles. The monoisotopic (exact) mass is 362 g/mol. The molecule has 1 aromatic carbocycles. The van der Waals surface area contributed by atoms with Crippen LogP contribution < -0.4 is 20.1 Å². The van der Waals surface area contributed by atoms with Gasteiger partial charge in [-0.3, -0.25) is 0 Å². The van der Waals surface area contributed by atoms with Crippen LogP contribution in [0.5, 0.6) is 11.5 Å². The minimum absolute atomic E-state index is 0.458. The lowest BCUT2D eigenvalue weighted by Crippen LogP contribution is -2.17.